The molecule has 0 radical (unpaired) electrons. The quantitative estimate of drug-likeness (QED) is 0.477. The van der Waals surface area contributed by atoms with Crippen LogP contribution in [0, 0.1) is 0 Å². The number of hydrogen-bond donors (Lipinski definition) is 0. The van der Waals surface area contributed by atoms with Gasteiger partial charge in [0.25, 0.3) is 0 Å². The van der Waals surface area contributed by atoms with Crippen LogP contribution in [0.25, 0.3) is 0 Å². The summed E-state index contributed by atoms with van der Waals surface area (Å²) in [5.41, 5.74) is 0. The first-order chi connectivity index (χ1) is 5.60. The molecule has 0 bridgehead atoms. The average molecular weight is 190 g/mol. The molecule has 4 heteroatoms. The Morgan fingerprint density at radius 3 is 2.33 bits per heavy atom. The molecule has 0 unspecified atom stereocenters. The molecule has 0 N–H and O–H groups in total. The monoisotopic (exact) mass is 190 g/mol. The topological polar surface area (TPSA) is 35.5 Å². The number of rotatable bonds is 6. The molecule has 0 amide bonds. The van der Waals surface area contributed by atoms with E-state index in [9.17, 15) is 4.57 Å². The maximum absolute atomic E-state index is 11.6. The maximum Gasteiger partial charge on any atom is 0.356 e. The molecule has 0 saturated carbocycles. The predicted octanol–water partition coefficient (Wildman–Crippen LogP) is 2.95. The van der Waals surface area contributed by atoms with Crippen LogP contribution in [0.4, 0.5) is 0 Å². The molecule has 0 rings (SSSR count). The van der Waals surface area contributed by atoms with Crippen LogP contribution < -0.4 is 0 Å². The third-order valence-electron chi connectivity index (χ3n) is 1.51. The van der Waals surface area contributed by atoms with Crippen molar-refractivity contribution in [3.05, 3.63) is 24.5 Å². The SMILES string of the molecule is C=CCCC(=C)P(=O)(OC)OC. The van der Waals surface area contributed by atoms with Crippen LogP contribution in [0.3, 0.4) is 0 Å². The van der Waals surface area contributed by atoms with Crippen molar-refractivity contribution in [3.63, 3.8) is 0 Å². The van der Waals surface area contributed by atoms with Crippen LogP contribution in [0.5, 0.6) is 0 Å². The fourth-order valence-corrected chi connectivity index (χ4v) is 1.81. The predicted molar refractivity (Wildman–Crippen MR) is 50.2 cm³/mol. The minimum atomic E-state index is -3.04. The number of hydrogen-bond acceptors (Lipinski definition) is 3. The summed E-state index contributed by atoms with van der Waals surface area (Å²) < 4.78 is 21.1. The first kappa shape index (κ1) is 11.6. The Kier molecular flexibility index (Phi) is 5.14. The van der Waals surface area contributed by atoms with Gasteiger partial charge in [0.1, 0.15) is 0 Å². The van der Waals surface area contributed by atoms with Crippen LogP contribution in [0.15, 0.2) is 24.5 Å². The minimum absolute atomic E-state index is 0.493. The van der Waals surface area contributed by atoms with Gasteiger partial charge in [-0.2, -0.15) is 0 Å². The summed E-state index contributed by atoms with van der Waals surface area (Å²) in [4.78, 5) is 0. The van der Waals surface area contributed by atoms with Gasteiger partial charge in [-0.1, -0.05) is 12.7 Å². The van der Waals surface area contributed by atoms with E-state index in [0.717, 1.165) is 6.42 Å². The Balaban J connectivity index is 4.22. The summed E-state index contributed by atoms with van der Waals surface area (Å²) in [6.07, 6.45) is 3.05. The van der Waals surface area contributed by atoms with Gasteiger partial charge in [-0.25, -0.2) is 0 Å². The Morgan fingerprint density at radius 2 is 2.00 bits per heavy atom. The van der Waals surface area contributed by atoms with Crippen molar-refractivity contribution in [1.82, 2.24) is 0 Å². The van der Waals surface area contributed by atoms with E-state index in [-0.39, 0.29) is 0 Å². The molecule has 0 spiro atoms. The van der Waals surface area contributed by atoms with Gasteiger partial charge in [-0.15, -0.1) is 6.58 Å². The van der Waals surface area contributed by atoms with Crippen LogP contribution in [-0.4, -0.2) is 14.2 Å². The third-order valence-corrected chi connectivity index (χ3v) is 3.46. The molecule has 0 saturated heterocycles. The summed E-state index contributed by atoms with van der Waals surface area (Å²) >= 11 is 0. The normalized spacial score (nSPS) is 11.2. The first-order valence-corrected chi connectivity index (χ1v) is 5.15. The molecule has 0 aromatic heterocycles. The Labute approximate surface area is 73.6 Å². The van der Waals surface area contributed by atoms with Gasteiger partial charge < -0.3 is 9.05 Å². The van der Waals surface area contributed by atoms with Crippen molar-refractivity contribution in [2.24, 2.45) is 0 Å². The Morgan fingerprint density at radius 1 is 1.50 bits per heavy atom. The Bertz CT molecular complexity index is 202. The molecule has 0 aliphatic carbocycles. The summed E-state index contributed by atoms with van der Waals surface area (Å²) in [6.45, 7) is 7.20. The minimum Gasteiger partial charge on any atom is -0.309 e. The van der Waals surface area contributed by atoms with Gasteiger partial charge >= 0.3 is 7.60 Å². The zero-order chi connectivity index (χ0) is 9.61. The molecular weight excluding hydrogens is 175 g/mol. The highest BCUT2D eigenvalue weighted by atomic mass is 31.2. The lowest BCUT2D eigenvalue weighted by Crippen LogP contribution is -1.91. The summed E-state index contributed by atoms with van der Waals surface area (Å²) in [5, 5.41) is 0.493. The van der Waals surface area contributed by atoms with Gasteiger partial charge in [-0.3, -0.25) is 4.57 Å². The zero-order valence-corrected chi connectivity index (χ0v) is 8.47. The highest BCUT2D eigenvalue weighted by Gasteiger charge is 2.24. The van der Waals surface area contributed by atoms with Crippen molar-refractivity contribution in [2.75, 3.05) is 14.2 Å². The van der Waals surface area contributed by atoms with Crippen molar-refractivity contribution in [3.8, 4) is 0 Å². The molecule has 0 atom stereocenters. The summed E-state index contributed by atoms with van der Waals surface area (Å²) in [6, 6.07) is 0. The largest absolute Gasteiger partial charge is 0.356 e. The van der Waals surface area contributed by atoms with Crippen LogP contribution in [0.2, 0.25) is 0 Å². The van der Waals surface area contributed by atoms with E-state index in [2.05, 4.69) is 13.2 Å². The van der Waals surface area contributed by atoms with E-state index >= 15 is 0 Å². The van der Waals surface area contributed by atoms with Crippen molar-refractivity contribution in [2.45, 2.75) is 12.8 Å². The maximum atomic E-state index is 11.6. The van der Waals surface area contributed by atoms with E-state index in [1.165, 1.54) is 14.2 Å². The lowest BCUT2D eigenvalue weighted by atomic mass is 10.3. The second-order valence-electron chi connectivity index (χ2n) is 2.26. The molecule has 12 heavy (non-hydrogen) atoms. The molecule has 0 aliphatic heterocycles. The highest BCUT2D eigenvalue weighted by Crippen LogP contribution is 2.55. The first-order valence-electron chi connectivity index (χ1n) is 3.61. The van der Waals surface area contributed by atoms with Crippen molar-refractivity contribution >= 4 is 7.60 Å². The van der Waals surface area contributed by atoms with Gasteiger partial charge in [0, 0.05) is 19.5 Å². The van der Waals surface area contributed by atoms with Crippen LogP contribution >= 0.6 is 7.60 Å². The summed E-state index contributed by atoms with van der Waals surface area (Å²) in [5.74, 6) is 0. The second-order valence-corrected chi connectivity index (χ2v) is 4.61. The molecule has 0 aliphatic rings. The van der Waals surface area contributed by atoms with E-state index in [1.54, 1.807) is 6.08 Å². The molecule has 0 aromatic rings. The molecule has 70 valence electrons. The van der Waals surface area contributed by atoms with Crippen molar-refractivity contribution < 1.29 is 13.6 Å². The molecule has 3 nitrogen and oxygen atoms in total. The third kappa shape index (κ3) is 2.94. The van der Waals surface area contributed by atoms with Crippen LogP contribution in [0.1, 0.15) is 12.8 Å². The average Bonchev–Trinajstić information content (AvgIpc) is 2.12. The van der Waals surface area contributed by atoms with Gasteiger partial charge in [0.15, 0.2) is 0 Å². The van der Waals surface area contributed by atoms with E-state index in [4.69, 9.17) is 9.05 Å². The van der Waals surface area contributed by atoms with Crippen LogP contribution in [-0.2, 0) is 13.6 Å². The fourth-order valence-electron chi connectivity index (χ4n) is 0.738. The summed E-state index contributed by atoms with van der Waals surface area (Å²) in [7, 11) is -0.343. The lowest BCUT2D eigenvalue weighted by Gasteiger charge is -2.14. The smallest absolute Gasteiger partial charge is 0.309 e. The van der Waals surface area contributed by atoms with Gasteiger partial charge in [-0.05, 0) is 12.8 Å². The van der Waals surface area contributed by atoms with Gasteiger partial charge in [0.05, 0.1) is 0 Å². The zero-order valence-electron chi connectivity index (χ0n) is 7.58. The molecule has 0 fully saturated rings. The molecule has 0 aromatic carbocycles. The van der Waals surface area contributed by atoms with E-state index in [1.807, 2.05) is 0 Å². The fraction of sp³-hybridized carbons (Fsp3) is 0.500. The highest BCUT2D eigenvalue weighted by molar-refractivity contribution is 7.58. The lowest BCUT2D eigenvalue weighted by molar-refractivity contribution is 0.282. The number of allylic oxidation sites excluding steroid dienone is 2. The van der Waals surface area contributed by atoms with E-state index < -0.39 is 7.60 Å². The molecule has 0 heterocycles. The van der Waals surface area contributed by atoms with Gasteiger partial charge in [0.2, 0.25) is 0 Å². The second kappa shape index (κ2) is 5.31. The molecular formula is C8H15O3P. The standard InChI is InChI=1S/C8H15O3P/c1-5-6-7-8(2)12(9,10-3)11-4/h5H,1-2,6-7H2,3-4H3. The Hall–Kier alpha value is -0.370. The van der Waals surface area contributed by atoms with Crippen molar-refractivity contribution in [1.29, 1.82) is 0 Å². The van der Waals surface area contributed by atoms with E-state index in [0.29, 0.717) is 11.7 Å².